The van der Waals surface area contributed by atoms with E-state index in [2.05, 4.69) is 21.9 Å². The van der Waals surface area contributed by atoms with Crippen LogP contribution in [0.4, 0.5) is 27.6 Å². The van der Waals surface area contributed by atoms with Gasteiger partial charge in [0.25, 0.3) is 5.91 Å². The summed E-state index contributed by atoms with van der Waals surface area (Å²) in [6.07, 6.45) is -2.15. The second kappa shape index (κ2) is 8.90. The van der Waals surface area contributed by atoms with Crippen LogP contribution in [0.25, 0.3) is 11.4 Å². The summed E-state index contributed by atoms with van der Waals surface area (Å²) >= 11 is 0. The predicted molar refractivity (Wildman–Crippen MR) is 102 cm³/mol. The van der Waals surface area contributed by atoms with Gasteiger partial charge in [-0.2, -0.15) is 18.2 Å². The number of halogens is 5. The first kappa shape index (κ1) is 21.9. The molecule has 0 aliphatic heterocycles. The Morgan fingerprint density at radius 1 is 1.16 bits per heavy atom. The first-order valence-electron chi connectivity index (χ1n) is 8.74. The average molecular weight is 435 g/mol. The lowest BCUT2D eigenvalue weighted by Gasteiger charge is -2.12. The van der Waals surface area contributed by atoms with Crippen LogP contribution in [0.2, 0.25) is 0 Å². The third-order valence-corrected chi connectivity index (χ3v) is 3.96. The molecule has 31 heavy (non-hydrogen) atoms. The van der Waals surface area contributed by atoms with E-state index >= 15 is 0 Å². The molecule has 5 nitrogen and oxygen atoms in total. The molecule has 3 aromatic rings. The van der Waals surface area contributed by atoms with Crippen molar-refractivity contribution in [2.24, 2.45) is 0 Å². The maximum absolute atomic E-state index is 13.8. The van der Waals surface area contributed by atoms with E-state index in [1.807, 2.05) is 0 Å². The molecule has 2 aromatic carbocycles. The number of carbonyl (C=O) groups excluding carboxylic acids is 1. The van der Waals surface area contributed by atoms with Crippen LogP contribution in [0.15, 0.2) is 61.3 Å². The quantitative estimate of drug-likeness (QED) is 0.424. The highest BCUT2D eigenvalue weighted by atomic mass is 19.4. The summed E-state index contributed by atoms with van der Waals surface area (Å²) < 4.78 is 71.2. The third kappa shape index (κ3) is 5.21. The number of rotatable bonds is 6. The molecular weight excluding hydrogens is 421 g/mol. The van der Waals surface area contributed by atoms with Gasteiger partial charge in [0.1, 0.15) is 23.8 Å². The van der Waals surface area contributed by atoms with Crippen LogP contribution < -0.4 is 10.1 Å². The highest BCUT2D eigenvalue weighted by molar-refractivity contribution is 6.05. The van der Waals surface area contributed by atoms with Crippen LogP contribution in [0.3, 0.4) is 0 Å². The van der Waals surface area contributed by atoms with Crippen LogP contribution in [0, 0.1) is 11.6 Å². The first-order valence-corrected chi connectivity index (χ1v) is 8.74. The summed E-state index contributed by atoms with van der Waals surface area (Å²) in [5, 5.41) is 2.24. The molecule has 0 spiro atoms. The first-order chi connectivity index (χ1) is 14.7. The lowest BCUT2D eigenvalue weighted by atomic mass is 10.1. The third-order valence-electron chi connectivity index (χ3n) is 3.96. The molecule has 0 saturated carbocycles. The van der Waals surface area contributed by atoms with Crippen molar-refractivity contribution >= 4 is 11.6 Å². The minimum Gasteiger partial charge on any atom is -0.473 e. The van der Waals surface area contributed by atoms with Gasteiger partial charge in [-0.25, -0.2) is 13.8 Å². The normalized spacial score (nSPS) is 11.1. The molecule has 0 unspecified atom stereocenters. The van der Waals surface area contributed by atoms with Gasteiger partial charge < -0.3 is 10.1 Å². The molecule has 1 N–H and O–H groups in total. The largest absolute Gasteiger partial charge is 0.473 e. The van der Waals surface area contributed by atoms with E-state index in [0.29, 0.717) is 6.07 Å². The highest BCUT2D eigenvalue weighted by Crippen LogP contribution is 2.32. The second-order valence-electron chi connectivity index (χ2n) is 6.17. The van der Waals surface area contributed by atoms with E-state index in [-0.39, 0.29) is 35.1 Å². The van der Waals surface area contributed by atoms with Crippen molar-refractivity contribution in [1.82, 2.24) is 9.97 Å². The number of nitrogens with zero attached hydrogens (tertiary/aromatic N) is 2. The zero-order valence-corrected chi connectivity index (χ0v) is 15.7. The number of aromatic nitrogens is 2. The smallest absolute Gasteiger partial charge is 0.416 e. The molecule has 0 fully saturated rings. The standard InChI is InChI=1S/C21H14F5N3O2/c1-2-8-31-20-15(19(30)28-17-7-6-14(22)10-16(17)23)11-27-18(29-20)12-4-3-5-13(9-12)21(24,25)26/h2-7,9-11H,1,8H2,(H,28,30). The van der Waals surface area contributed by atoms with Crippen molar-refractivity contribution in [2.45, 2.75) is 6.18 Å². The van der Waals surface area contributed by atoms with Crippen molar-refractivity contribution in [2.75, 3.05) is 11.9 Å². The fraction of sp³-hybridized carbons (Fsp3) is 0.0952. The summed E-state index contributed by atoms with van der Waals surface area (Å²) in [6.45, 7) is 3.41. The van der Waals surface area contributed by atoms with Gasteiger partial charge in [-0.1, -0.05) is 24.8 Å². The number of ether oxygens (including phenoxy) is 1. The predicted octanol–water partition coefficient (Wildman–Crippen LogP) is 5.26. The molecule has 0 aliphatic carbocycles. The SMILES string of the molecule is C=CCOc1nc(-c2cccc(C(F)(F)F)c2)ncc1C(=O)Nc1ccc(F)cc1F. The van der Waals surface area contributed by atoms with Crippen LogP contribution in [0.5, 0.6) is 5.88 Å². The Kier molecular flexibility index (Phi) is 6.28. The lowest BCUT2D eigenvalue weighted by molar-refractivity contribution is -0.137. The van der Waals surface area contributed by atoms with Gasteiger partial charge in [0.2, 0.25) is 5.88 Å². The molecule has 10 heteroatoms. The monoisotopic (exact) mass is 435 g/mol. The molecule has 1 aromatic heterocycles. The van der Waals surface area contributed by atoms with Crippen molar-refractivity contribution in [3.05, 3.63) is 84.1 Å². The van der Waals surface area contributed by atoms with Crippen molar-refractivity contribution in [3.63, 3.8) is 0 Å². The Labute approximate surface area is 173 Å². The molecule has 0 radical (unpaired) electrons. The number of benzene rings is 2. The Balaban J connectivity index is 1.96. The summed E-state index contributed by atoms with van der Waals surface area (Å²) in [5.74, 6) is -3.04. The second-order valence-corrected chi connectivity index (χ2v) is 6.17. The molecule has 0 saturated heterocycles. The maximum atomic E-state index is 13.8. The molecule has 1 amide bonds. The number of hydrogen-bond acceptors (Lipinski definition) is 4. The van der Waals surface area contributed by atoms with E-state index in [4.69, 9.17) is 4.74 Å². The molecule has 160 valence electrons. The van der Waals surface area contributed by atoms with Crippen LogP contribution in [-0.4, -0.2) is 22.5 Å². The Bertz CT molecular complexity index is 1130. The molecule has 0 aliphatic rings. The fourth-order valence-electron chi connectivity index (χ4n) is 2.52. The molecule has 1 heterocycles. The molecule has 0 atom stereocenters. The van der Waals surface area contributed by atoms with Gasteiger partial charge in [-0.15, -0.1) is 0 Å². The summed E-state index contributed by atoms with van der Waals surface area (Å²) in [6, 6.07) is 6.92. The lowest BCUT2D eigenvalue weighted by Crippen LogP contribution is -2.16. The van der Waals surface area contributed by atoms with Crippen LogP contribution in [-0.2, 0) is 6.18 Å². The number of carbonyl (C=O) groups is 1. The highest BCUT2D eigenvalue weighted by Gasteiger charge is 2.30. The fourth-order valence-corrected chi connectivity index (χ4v) is 2.52. The van der Waals surface area contributed by atoms with Crippen molar-refractivity contribution < 1.29 is 31.5 Å². The number of nitrogens with one attached hydrogen (secondary N) is 1. The van der Waals surface area contributed by atoms with Crippen molar-refractivity contribution in [1.29, 1.82) is 0 Å². The van der Waals surface area contributed by atoms with E-state index in [9.17, 15) is 26.7 Å². The van der Waals surface area contributed by atoms with E-state index in [0.717, 1.165) is 30.5 Å². The Morgan fingerprint density at radius 3 is 2.61 bits per heavy atom. The molecular formula is C21H14F5N3O2. The minimum absolute atomic E-state index is 0.0508. The molecule has 0 bridgehead atoms. The van der Waals surface area contributed by atoms with Gasteiger partial charge in [0, 0.05) is 17.8 Å². The van der Waals surface area contributed by atoms with E-state index in [1.54, 1.807) is 0 Å². The van der Waals surface area contributed by atoms with Gasteiger partial charge in [-0.3, -0.25) is 4.79 Å². The summed E-state index contributed by atoms with van der Waals surface area (Å²) in [7, 11) is 0. The number of amides is 1. The maximum Gasteiger partial charge on any atom is 0.416 e. The Morgan fingerprint density at radius 2 is 1.94 bits per heavy atom. The van der Waals surface area contributed by atoms with Crippen LogP contribution >= 0.6 is 0 Å². The van der Waals surface area contributed by atoms with E-state index in [1.165, 1.54) is 18.2 Å². The van der Waals surface area contributed by atoms with Gasteiger partial charge in [0.05, 0.1) is 11.3 Å². The van der Waals surface area contributed by atoms with Gasteiger partial charge in [-0.05, 0) is 24.3 Å². The van der Waals surface area contributed by atoms with E-state index < -0.39 is 29.3 Å². The summed E-state index contributed by atoms with van der Waals surface area (Å²) in [4.78, 5) is 20.5. The van der Waals surface area contributed by atoms with Crippen molar-refractivity contribution in [3.8, 4) is 17.3 Å². The zero-order chi connectivity index (χ0) is 22.6. The number of alkyl halides is 3. The van der Waals surface area contributed by atoms with Gasteiger partial charge in [0.15, 0.2) is 5.82 Å². The number of hydrogen-bond donors (Lipinski definition) is 1. The minimum atomic E-state index is -4.56. The Hall–Kier alpha value is -3.82. The van der Waals surface area contributed by atoms with Gasteiger partial charge >= 0.3 is 6.18 Å². The van der Waals surface area contributed by atoms with Crippen LogP contribution in [0.1, 0.15) is 15.9 Å². The molecule has 3 rings (SSSR count). The summed E-state index contributed by atoms with van der Waals surface area (Å²) in [5.41, 5.74) is -1.34. The number of anilines is 1. The average Bonchev–Trinajstić information content (AvgIpc) is 2.73. The zero-order valence-electron chi connectivity index (χ0n) is 15.7. The topological polar surface area (TPSA) is 64.1 Å².